The van der Waals surface area contributed by atoms with Crippen LogP contribution in [0, 0.1) is 0 Å². The number of hydrogen-bond donors (Lipinski definition) is 1. The molecule has 184 valence electrons. The highest BCUT2D eigenvalue weighted by Crippen LogP contribution is 2.34. The molecule has 0 amide bonds. The van der Waals surface area contributed by atoms with Gasteiger partial charge in [-0.2, -0.15) is 0 Å². The van der Waals surface area contributed by atoms with Gasteiger partial charge in [0.2, 0.25) is 5.89 Å². The lowest BCUT2D eigenvalue weighted by molar-refractivity contribution is -0.131. The number of ether oxygens (including phenoxy) is 2. The molecule has 0 saturated heterocycles. The van der Waals surface area contributed by atoms with E-state index < -0.39 is 5.97 Å². The van der Waals surface area contributed by atoms with Crippen molar-refractivity contribution in [1.82, 2.24) is 10.2 Å². The first-order chi connectivity index (χ1) is 17.4. The van der Waals surface area contributed by atoms with E-state index in [9.17, 15) is 9.90 Å². The van der Waals surface area contributed by atoms with Crippen molar-refractivity contribution in [3.8, 4) is 23.0 Å². The molecule has 4 rings (SSSR count). The summed E-state index contributed by atoms with van der Waals surface area (Å²) in [6.45, 7) is 2.52. The fraction of sp³-hybridized carbons (Fsp3) is 0.115. The lowest BCUT2D eigenvalue weighted by atomic mass is 10.2. The van der Waals surface area contributed by atoms with Gasteiger partial charge in [0.05, 0.1) is 6.61 Å². The molecular formula is C26H20Cl2N2O5S. The van der Waals surface area contributed by atoms with Crippen molar-refractivity contribution in [3.05, 3.63) is 92.8 Å². The number of aliphatic carboxylic acids is 1. The van der Waals surface area contributed by atoms with Gasteiger partial charge in [-0.3, -0.25) is 0 Å². The molecule has 7 nitrogen and oxygen atoms in total. The molecule has 1 aromatic heterocycles. The molecule has 10 heteroatoms. The van der Waals surface area contributed by atoms with Crippen LogP contribution >= 0.6 is 35.0 Å². The molecule has 1 N–H and O–H groups in total. The van der Waals surface area contributed by atoms with Crippen LogP contribution in [-0.2, 0) is 11.4 Å². The van der Waals surface area contributed by atoms with E-state index in [0.717, 1.165) is 17.3 Å². The Bertz CT molecular complexity index is 1390. The second-order valence-electron chi connectivity index (χ2n) is 7.32. The number of hydrogen-bond acceptors (Lipinski definition) is 7. The maximum absolute atomic E-state index is 11.9. The monoisotopic (exact) mass is 542 g/mol. The molecule has 0 spiro atoms. The molecule has 1 heterocycles. The Hall–Kier alpha value is -3.46. The van der Waals surface area contributed by atoms with E-state index in [1.54, 1.807) is 48.5 Å². The van der Waals surface area contributed by atoms with E-state index in [1.807, 2.05) is 25.1 Å². The Kier molecular flexibility index (Phi) is 8.53. The normalized spacial score (nSPS) is 11.4. The van der Waals surface area contributed by atoms with Crippen LogP contribution in [0.15, 0.2) is 81.3 Å². The van der Waals surface area contributed by atoms with Crippen LogP contribution < -0.4 is 9.47 Å². The summed E-state index contributed by atoms with van der Waals surface area (Å²) in [4.78, 5) is 11.9. The lowest BCUT2D eigenvalue weighted by Crippen LogP contribution is -2.01. The molecule has 0 aliphatic carbocycles. The first-order valence-electron chi connectivity index (χ1n) is 10.8. The van der Waals surface area contributed by atoms with Crippen LogP contribution in [0.1, 0.15) is 18.1 Å². The van der Waals surface area contributed by atoms with Gasteiger partial charge in [-0.1, -0.05) is 47.5 Å². The van der Waals surface area contributed by atoms with E-state index in [1.165, 1.54) is 6.08 Å². The van der Waals surface area contributed by atoms with Crippen LogP contribution in [0.3, 0.4) is 0 Å². The molecule has 0 aliphatic heterocycles. The molecule has 4 aromatic rings. The summed E-state index contributed by atoms with van der Waals surface area (Å²) in [7, 11) is 0. The highest BCUT2D eigenvalue weighted by molar-refractivity contribution is 8.03. The Morgan fingerprint density at radius 1 is 1.03 bits per heavy atom. The number of carboxylic acid groups (broad SMARTS) is 1. The topological polar surface area (TPSA) is 94.7 Å². The van der Waals surface area contributed by atoms with E-state index in [4.69, 9.17) is 37.1 Å². The number of carboxylic acids is 1. The van der Waals surface area contributed by atoms with Gasteiger partial charge in [-0.05, 0) is 72.8 Å². The van der Waals surface area contributed by atoms with Crippen molar-refractivity contribution in [1.29, 1.82) is 0 Å². The zero-order valence-electron chi connectivity index (χ0n) is 19.0. The van der Waals surface area contributed by atoms with Crippen LogP contribution in [0.2, 0.25) is 10.0 Å². The zero-order valence-corrected chi connectivity index (χ0v) is 21.3. The first-order valence-corrected chi connectivity index (χ1v) is 12.4. The SMILES string of the molecule is CCOc1cc(/C=C(\Sc2nnc(-c3ccc(Cl)cc3)o2)C(=O)O)ccc1OCc1ccccc1Cl. The van der Waals surface area contributed by atoms with Gasteiger partial charge in [0.15, 0.2) is 11.5 Å². The standard InChI is InChI=1S/C26H20Cl2N2O5S/c1-2-33-22-13-16(7-12-21(22)34-15-18-5-3-4-6-20(18)28)14-23(25(31)32)36-26-30-29-24(35-26)17-8-10-19(27)11-9-17/h3-14H,2,15H2,1H3,(H,31,32)/b23-14-. The largest absolute Gasteiger partial charge is 0.490 e. The third-order valence-corrected chi connectivity index (χ3v) is 6.28. The minimum absolute atomic E-state index is 0.00603. The van der Waals surface area contributed by atoms with Gasteiger partial charge >= 0.3 is 5.97 Å². The summed E-state index contributed by atoms with van der Waals surface area (Å²) >= 11 is 13.0. The summed E-state index contributed by atoms with van der Waals surface area (Å²) in [6, 6.07) is 19.5. The molecule has 0 bridgehead atoms. The quantitative estimate of drug-likeness (QED) is 0.165. The van der Waals surface area contributed by atoms with Gasteiger partial charge in [-0.25, -0.2) is 4.79 Å². The molecule has 36 heavy (non-hydrogen) atoms. The number of thioether (sulfide) groups is 1. The van der Waals surface area contributed by atoms with Crippen LogP contribution in [0.25, 0.3) is 17.5 Å². The van der Waals surface area contributed by atoms with Gasteiger partial charge in [0, 0.05) is 21.2 Å². The molecule has 0 radical (unpaired) electrons. The van der Waals surface area contributed by atoms with Gasteiger partial charge in [0.25, 0.3) is 5.22 Å². The highest BCUT2D eigenvalue weighted by atomic mass is 35.5. The fourth-order valence-electron chi connectivity index (χ4n) is 3.11. The maximum atomic E-state index is 11.9. The van der Waals surface area contributed by atoms with E-state index >= 15 is 0 Å². The van der Waals surface area contributed by atoms with E-state index in [-0.39, 0.29) is 22.6 Å². The maximum Gasteiger partial charge on any atom is 0.342 e. The molecule has 0 saturated carbocycles. The number of aromatic nitrogens is 2. The lowest BCUT2D eigenvalue weighted by Gasteiger charge is -2.13. The zero-order chi connectivity index (χ0) is 25.5. The number of rotatable bonds is 10. The summed E-state index contributed by atoms with van der Waals surface area (Å²) in [6.07, 6.45) is 1.50. The second kappa shape index (κ2) is 12.0. The summed E-state index contributed by atoms with van der Waals surface area (Å²) < 4.78 is 17.3. The Labute approximate surface area is 221 Å². The van der Waals surface area contributed by atoms with Crippen LogP contribution in [0.5, 0.6) is 11.5 Å². The minimum atomic E-state index is -1.14. The second-order valence-corrected chi connectivity index (χ2v) is 9.15. The Morgan fingerprint density at radius 3 is 2.53 bits per heavy atom. The predicted octanol–water partition coefficient (Wildman–Crippen LogP) is 7.24. The van der Waals surface area contributed by atoms with Crippen LogP contribution in [-0.4, -0.2) is 27.9 Å². The highest BCUT2D eigenvalue weighted by Gasteiger charge is 2.17. The average molecular weight is 543 g/mol. The average Bonchev–Trinajstić information content (AvgIpc) is 3.33. The molecule has 3 aromatic carbocycles. The van der Waals surface area contributed by atoms with Gasteiger partial charge < -0.3 is 19.0 Å². The van der Waals surface area contributed by atoms with Crippen molar-refractivity contribution in [2.24, 2.45) is 0 Å². The third kappa shape index (κ3) is 6.60. The molecule has 0 atom stereocenters. The van der Waals surface area contributed by atoms with Crippen molar-refractivity contribution in [3.63, 3.8) is 0 Å². The van der Waals surface area contributed by atoms with Crippen molar-refractivity contribution < 1.29 is 23.8 Å². The molecular weight excluding hydrogens is 523 g/mol. The molecule has 0 aliphatic rings. The van der Waals surface area contributed by atoms with Crippen molar-refractivity contribution in [2.75, 3.05) is 6.61 Å². The molecule has 0 fully saturated rings. The summed E-state index contributed by atoms with van der Waals surface area (Å²) in [5.41, 5.74) is 2.12. The first kappa shape index (κ1) is 25.6. The summed E-state index contributed by atoms with van der Waals surface area (Å²) in [5, 5.41) is 19.0. The van der Waals surface area contributed by atoms with Crippen molar-refractivity contribution >= 4 is 47.0 Å². The molecule has 0 unspecified atom stereocenters. The smallest absolute Gasteiger partial charge is 0.342 e. The number of halogens is 2. The minimum Gasteiger partial charge on any atom is -0.490 e. The Balaban J connectivity index is 1.53. The Morgan fingerprint density at radius 2 is 1.81 bits per heavy atom. The van der Waals surface area contributed by atoms with Crippen LogP contribution in [0.4, 0.5) is 0 Å². The van der Waals surface area contributed by atoms with E-state index in [2.05, 4.69) is 10.2 Å². The predicted molar refractivity (Wildman–Crippen MR) is 140 cm³/mol. The van der Waals surface area contributed by atoms with Crippen molar-refractivity contribution in [2.45, 2.75) is 18.8 Å². The fourth-order valence-corrected chi connectivity index (χ4v) is 4.10. The summed E-state index contributed by atoms with van der Waals surface area (Å²) in [5.74, 6) is 0.125. The number of benzene rings is 3. The van der Waals surface area contributed by atoms with E-state index in [0.29, 0.717) is 39.3 Å². The third-order valence-electron chi connectivity index (χ3n) is 4.81. The number of nitrogens with zero attached hydrogens (tertiary/aromatic N) is 2. The van der Waals surface area contributed by atoms with Gasteiger partial charge in [-0.15, -0.1) is 10.2 Å². The number of carbonyl (C=O) groups is 1. The van der Waals surface area contributed by atoms with Gasteiger partial charge in [0.1, 0.15) is 11.5 Å².